The van der Waals surface area contributed by atoms with E-state index in [1.54, 1.807) is 0 Å². The predicted molar refractivity (Wildman–Crippen MR) is 60.2 cm³/mol. The number of benzene rings is 1. The summed E-state index contributed by atoms with van der Waals surface area (Å²) in [6.07, 6.45) is 0. The van der Waals surface area contributed by atoms with Crippen molar-refractivity contribution in [3.05, 3.63) is 35.9 Å². The molecule has 1 aliphatic rings. The highest BCUT2D eigenvalue weighted by atomic mass is 16.2. The van der Waals surface area contributed by atoms with Crippen LogP contribution in [0.4, 0.5) is 0 Å². The van der Waals surface area contributed by atoms with Crippen LogP contribution in [0.5, 0.6) is 0 Å². The van der Waals surface area contributed by atoms with Crippen molar-refractivity contribution in [3.63, 3.8) is 0 Å². The van der Waals surface area contributed by atoms with Crippen molar-refractivity contribution < 1.29 is 4.79 Å². The van der Waals surface area contributed by atoms with Crippen LogP contribution in [0.1, 0.15) is 19.4 Å². The molecule has 0 N–H and O–H groups in total. The summed E-state index contributed by atoms with van der Waals surface area (Å²) in [5.74, 6) is 0.973. The lowest BCUT2D eigenvalue weighted by molar-refractivity contribution is -0.131. The zero-order valence-corrected chi connectivity index (χ0v) is 9.31. The summed E-state index contributed by atoms with van der Waals surface area (Å²) in [6, 6.07) is 10.2. The Morgan fingerprint density at radius 2 is 1.93 bits per heavy atom. The average Bonchev–Trinajstić information content (AvgIpc) is 2.48. The van der Waals surface area contributed by atoms with Gasteiger partial charge in [-0.2, -0.15) is 0 Å². The van der Waals surface area contributed by atoms with Gasteiger partial charge < -0.3 is 4.90 Å². The third-order valence-corrected chi connectivity index (χ3v) is 3.28. The minimum absolute atomic E-state index is 0.189. The Kier molecular flexibility index (Phi) is 2.76. The standard InChI is InChI=1S/C13H17NO/c1-10-8-14(13(15)11(10)2)9-12-6-4-3-5-7-12/h3-7,10-11H,8-9H2,1-2H3/t10-,11-/m1/s1. The van der Waals surface area contributed by atoms with Crippen LogP contribution < -0.4 is 0 Å². The second-order valence-corrected chi connectivity index (χ2v) is 4.47. The summed E-state index contributed by atoms with van der Waals surface area (Å²) < 4.78 is 0. The fraction of sp³-hybridized carbons (Fsp3) is 0.462. The van der Waals surface area contributed by atoms with Crippen LogP contribution in [0.3, 0.4) is 0 Å². The summed E-state index contributed by atoms with van der Waals surface area (Å²) in [5, 5.41) is 0. The third kappa shape index (κ3) is 2.04. The molecule has 2 heteroatoms. The van der Waals surface area contributed by atoms with Gasteiger partial charge in [0.1, 0.15) is 0 Å². The number of likely N-dealkylation sites (tertiary alicyclic amines) is 1. The molecule has 2 atom stereocenters. The largest absolute Gasteiger partial charge is 0.338 e. The molecule has 0 saturated carbocycles. The van der Waals surface area contributed by atoms with E-state index in [1.165, 1.54) is 5.56 Å². The Bertz CT molecular complexity index is 347. The maximum absolute atomic E-state index is 11.8. The Labute approximate surface area is 90.9 Å². The molecule has 0 bridgehead atoms. The first kappa shape index (κ1) is 10.2. The first-order valence-corrected chi connectivity index (χ1v) is 5.51. The molecule has 1 aromatic carbocycles. The first-order valence-electron chi connectivity index (χ1n) is 5.51. The predicted octanol–water partition coefficient (Wildman–Crippen LogP) is 2.30. The van der Waals surface area contributed by atoms with Crippen LogP contribution in [0, 0.1) is 11.8 Å². The zero-order valence-electron chi connectivity index (χ0n) is 9.31. The number of carbonyl (C=O) groups is 1. The summed E-state index contributed by atoms with van der Waals surface area (Å²) in [6.45, 7) is 5.83. The molecule has 2 nitrogen and oxygen atoms in total. The van der Waals surface area contributed by atoms with Crippen molar-refractivity contribution in [2.75, 3.05) is 6.54 Å². The molecule has 0 spiro atoms. The van der Waals surface area contributed by atoms with Crippen molar-refractivity contribution in [2.45, 2.75) is 20.4 Å². The fourth-order valence-corrected chi connectivity index (χ4v) is 2.07. The summed E-state index contributed by atoms with van der Waals surface area (Å²) in [4.78, 5) is 13.8. The highest BCUT2D eigenvalue weighted by Crippen LogP contribution is 2.25. The van der Waals surface area contributed by atoms with Gasteiger partial charge in [-0.1, -0.05) is 44.2 Å². The normalized spacial score (nSPS) is 26.0. The van der Waals surface area contributed by atoms with Crippen molar-refractivity contribution in [1.29, 1.82) is 0 Å². The van der Waals surface area contributed by atoms with E-state index in [-0.39, 0.29) is 5.92 Å². The molecule has 1 saturated heterocycles. The van der Waals surface area contributed by atoms with Crippen LogP contribution >= 0.6 is 0 Å². The molecule has 1 heterocycles. The van der Waals surface area contributed by atoms with E-state index in [9.17, 15) is 4.79 Å². The molecule has 15 heavy (non-hydrogen) atoms. The van der Waals surface area contributed by atoms with Gasteiger partial charge in [0.25, 0.3) is 0 Å². The molecular weight excluding hydrogens is 186 g/mol. The van der Waals surface area contributed by atoms with Gasteiger partial charge >= 0.3 is 0 Å². The molecule has 1 aliphatic heterocycles. The fourth-order valence-electron chi connectivity index (χ4n) is 2.07. The van der Waals surface area contributed by atoms with E-state index in [1.807, 2.05) is 30.0 Å². The minimum Gasteiger partial charge on any atom is -0.338 e. The molecule has 1 amide bonds. The summed E-state index contributed by atoms with van der Waals surface area (Å²) in [5.41, 5.74) is 1.21. The molecule has 0 unspecified atom stereocenters. The third-order valence-electron chi connectivity index (χ3n) is 3.28. The van der Waals surface area contributed by atoms with E-state index >= 15 is 0 Å². The van der Waals surface area contributed by atoms with Crippen LogP contribution in [-0.4, -0.2) is 17.4 Å². The number of hydrogen-bond acceptors (Lipinski definition) is 1. The lowest BCUT2D eigenvalue weighted by Gasteiger charge is -2.16. The molecule has 0 radical (unpaired) electrons. The van der Waals surface area contributed by atoms with Crippen molar-refractivity contribution >= 4 is 5.91 Å². The number of hydrogen-bond donors (Lipinski definition) is 0. The number of amides is 1. The SMILES string of the molecule is C[C@@H]1CN(Cc2ccccc2)C(=O)[C@@H]1C. The average molecular weight is 203 g/mol. The van der Waals surface area contributed by atoms with Crippen LogP contribution in [0.15, 0.2) is 30.3 Å². The smallest absolute Gasteiger partial charge is 0.226 e. The van der Waals surface area contributed by atoms with E-state index < -0.39 is 0 Å². The van der Waals surface area contributed by atoms with Crippen molar-refractivity contribution in [3.8, 4) is 0 Å². The summed E-state index contributed by atoms with van der Waals surface area (Å²) in [7, 11) is 0. The van der Waals surface area contributed by atoms with E-state index in [4.69, 9.17) is 0 Å². The Morgan fingerprint density at radius 1 is 1.27 bits per heavy atom. The van der Waals surface area contributed by atoms with Crippen molar-refractivity contribution in [2.24, 2.45) is 11.8 Å². The molecule has 80 valence electrons. The number of nitrogens with zero attached hydrogens (tertiary/aromatic N) is 1. The lowest BCUT2D eigenvalue weighted by Crippen LogP contribution is -2.26. The number of carbonyl (C=O) groups excluding carboxylic acids is 1. The molecule has 0 aromatic heterocycles. The molecular formula is C13H17NO. The van der Waals surface area contributed by atoms with Gasteiger partial charge in [0.05, 0.1) is 0 Å². The van der Waals surface area contributed by atoms with Crippen molar-refractivity contribution in [1.82, 2.24) is 4.90 Å². The maximum Gasteiger partial charge on any atom is 0.226 e. The maximum atomic E-state index is 11.8. The van der Waals surface area contributed by atoms with Crippen LogP contribution in [0.25, 0.3) is 0 Å². The highest BCUT2D eigenvalue weighted by Gasteiger charge is 2.33. The van der Waals surface area contributed by atoms with E-state index in [2.05, 4.69) is 19.1 Å². The van der Waals surface area contributed by atoms with Gasteiger partial charge in [-0.15, -0.1) is 0 Å². The Balaban J connectivity index is 2.05. The van der Waals surface area contributed by atoms with Gasteiger partial charge in [-0.3, -0.25) is 4.79 Å². The second kappa shape index (κ2) is 4.05. The topological polar surface area (TPSA) is 20.3 Å². The van der Waals surface area contributed by atoms with E-state index in [0.717, 1.165) is 13.1 Å². The molecule has 0 aliphatic carbocycles. The monoisotopic (exact) mass is 203 g/mol. The summed E-state index contributed by atoms with van der Waals surface area (Å²) >= 11 is 0. The van der Waals surface area contributed by atoms with Crippen LogP contribution in [-0.2, 0) is 11.3 Å². The molecule has 2 rings (SSSR count). The van der Waals surface area contributed by atoms with Crippen LogP contribution in [0.2, 0.25) is 0 Å². The van der Waals surface area contributed by atoms with Gasteiger partial charge in [0, 0.05) is 19.0 Å². The zero-order chi connectivity index (χ0) is 10.8. The first-order chi connectivity index (χ1) is 7.18. The molecule has 1 fully saturated rings. The van der Waals surface area contributed by atoms with E-state index in [0.29, 0.717) is 11.8 Å². The number of rotatable bonds is 2. The second-order valence-electron chi connectivity index (χ2n) is 4.47. The highest BCUT2D eigenvalue weighted by molar-refractivity contribution is 5.80. The Morgan fingerprint density at radius 3 is 2.47 bits per heavy atom. The van der Waals surface area contributed by atoms with Gasteiger partial charge in [-0.05, 0) is 11.5 Å². The quantitative estimate of drug-likeness (QED) is 0.722. The van der Waals surface area contributed by atoms with Gasteiger partial charge in [-0.25, -0.2) is 0 Å². The Hall–Kier alpha value is -1.31. The van der Waals surface area contributed by atoms with Gasteiger partial charge in [0.2, 0.25) is 5.91 Å². The van der Waals surface area contributed by atoms with Gasteiger partial charge in [0.15, 0.2) is 0 Å². The minimum atomic E-state index is 0.189. The lowest BCUT2D eigenvalue weighted by atomic mass is 10.0. The molecule has 1 aromatic rings.